The van der Waals surface area contributed by atoms with Crippen LogP contribution in [0.2, 0.25) is 0 Å². The molecular weight excluding hydrogens is 592 g/mol. The molecule has 16 heteroatoms. The molecule has 2 fully saturated rings. The van der Waals surface area contributed by atoms with Crippen LogP contribution in [-0.2, 0) is 14.2 Å². The van der Waals surface area contributed by atoms with Gasteiger partial charge in [-0.2, -0.15) is 0 Å². The van der Waals surface area contributed by atoms with Crippen molar-refractivity contribution < 1.29 is 74.1 Å². The molecule has 0 bridgehead atoms. The van der Waals surface area contributed by atoms with E-state index in [1.807, 2.05) is 0 Å². The molecule has 10 atom stereocenters. The summed E-state index contributed by atoms with van der Waals surface area (Å²) in [5.41, 5.74) is -1.11. The number of aliphatic hydroxyl groups is 6. The van der Waals surface area contributed by atoms with Crippen molar-refractivity contribution in [2.24, 2.45) is 0 Å². The summed E-state index contributed by atoms with van der Waals surface area (Å²) in [6, 6.07) is 5.83. The van der Waals surface area contributed by atoms with Crippen LogP contribution in [0.3, 0.4) is 0 Å². The summed E-state index contributed by atoms with van der Waals surface area (Å²) in [5.74, 6) is -2.28. The second-order valence-corrected chi connectivity index (χ2v) is 10.5. The first-order valence-corrected chi connectivity index (χ1v) is 13.4. The first-order valence-electron chi connectivity index (χ1n) is 13.4. The van der Waals surface area contributed by atoms with E-state index in [1.54, 1.807) is 0 Å². The zero-order valence-corrected chi connectivity index (χ0v) is 23.3. The molecule has 3 heterocycles. The van der Waals surface area contributed by atoms with E-state index in [9.17, 15) is 50.8 Å². The van der Waals surface area contributed by atoms with E-state index in [-0.39, 0.29) is 28.4 Å². The number of hydrogen-bond acceptors (Lipinski definition) is 16. The summed E-state index contributed by atoms with van der Waals surface area (Å²) in [7, 11) is 1.28. The summed E-state index contributed by atoms with van der Waals surface area (Å²) in [4.78, 5) is 13.7. The van der Waals surface area contributed by atoms with Gasteiger partial charge in [0.25, 0.3) is 0 Å². The molecule has 2 aliphatic heterocycles. The maximum Gasteiger partial charge on any atom is 0.239 e. The van der Waals surface area contributed by atoms with Crippen LogP contribution < -0.4 is 14.9 Å². The van der Waals surface area contributed by atoms with Crippen LogP contribution in [0.25, 0.3) is 22.3 Å². The van der Waals surface area contributed by atoms with Crippen molar-refractivity contribution in [3.05, 3.63) is 40.6 Å². The molecule has 2 saturated heterocycles. The Labute approximate surface area is 248 Å². The lowest BCUT2D eigenvalue weighted by Gasteiger charge is -2.42. The Morgan fingerprint density at radius 1 is 0.795 bits per heavy atom. The summed E-state index contributed by atoms with van der Waals surface area (Å²) < 4.78 is 33.2. The fourth-order valence-electron chi connectivity index (χ4n) is 4.99. The van der Waals surface area contributed by atoms with Crippen molar-refractivity contribution in [1.29, 1.82) is 0 Å². The Morgan fingerprint density at radius 2 is 1.48 bits per heavy atom. The molecule has 9 N–H and O–H groups in total. The van der Waals surface area contributed by atoms with Gasteiger partial charge in [-0.15, -0.1) is 0 Å². The number of aromatic hydroxyl groups is 3. The number of fused-ring (bicyclic) bond motifs is 1. The van der Waals surface area contributed by atoms with Gasteiger partial charge in [-0.3, -0.25) is 4.79 Å². The minimum absolute atomic E-state index is 0.0151. The maximum absolute atomic E-state index is 13.7. The average molecular weight is 625 g/mol. The number of aliphatic hydroxyl groups excluding tert-OH is 6. The van der Waals surface area contributed by atoms with Crippen LogP contribution in [0.4, 0.5) is 0 Å². The van der Waals surface area contributed by atoms with Gasteiger partial charge < -0.3 is 74.1 Å². The summed E-state index contributed by atoms with van der Waals surface area (Å²) in [6.07, 6.45) is -16.0. The molecule has 240 valence electrons. The average Bonchev–Trinajstić information content (AvgIpc) is 2.98. The summed E-state index contributed by atoms with van der Waals surface area (Å²) >= 11 is 0. The molecule has 3 aromatic rings. The number of benzene rings is 2. The molecule has 44 heavy (non-hydrogen) atoms. The zero-order chi connectivity index (χ0) is 32.0. The van der Waals surface area contributed by atoms with Crippen LogP contribution in [0.15, 0.2) is 39.5 Å². The predicted molar refractivity (Wildman–Crippen MR) is 145 cm³/mol. The number of ether oxygens (including phenoxy) is 5. The molecular formula is C28H32O16. The third-order valence-corrected chi connectivity index (χ3v) is 7.50. The molecule has 0 unspecified atom stereocenters. The van der Waals surface area contributed by atoms with E-state index in [2.05, 4.69) is 0 Å². The highest BCUT2D eigenvalue weighted by molar-refractivity contribution is 5.88. The van der Waals surface area contributed by atoms with Crippen molar-refractivity contribution in [1.82, 2.24) is 0 Å². The van der Waals surface area contributed by atoms with E-state index in [0.29, 0.717) is 0 Å². The van der Waals surface area contributed by atoms with Crippen LogP contribution in [-0.4, -0.2) is 121 Å². The van der Waals surface area contributed by atoms with Crippen LogP contribution in [0.5, 0.6) is 28.7 Å². The molecule has 16 nitrogen and oxygen atoms in total. The second kappa shape index (κ2) is 12.4. The number of methoxy groups -OCH3 is 1. The van der Waals surface area contributed by atoms with Gasteiger partial charge in [-0.1, -0.05) is 0 Å². The minimum atomic E-state index is -1.94. The molecule has 1 aromatic heterocycles. The highest BCUT2D eigenvalue weighted by Crippen LogP contribution is 2.39. The third kappa shape index (κ3) is 5.74. The standard InChI is InChI=1S/C28H32O16/c1-9-18(32)21(35)23(37)27(41-9)40-8-16-19(33)22(36)24(38)28(43-16)44-26-20(34)17-13(31)6-11(29)7-15(17)42-25(26)10-3-4-12(30)14(5-10)39-2/h3-7,9,16,18-19,21-24,27-33,35-38H,8H2,1-2H3/t9-,16+,18-,19-,21+,22+,23+,24+,27+,28+/m0/s1. The lowest BCUT2D eigenvalue weighted by Crippen LogP contribution is -2.61. The Bertz CT molecular complexity index is 1560. The highest BCUT2D eigenvalue weighted by atomic mass is 16.7. The van der Waals surface area contributed by atoms with Crippen LogP contribution in [0, 0.1) is 0 Å². The Kier molecular flexibility index (Phi) is 8.90. The molecule has 0 radical (unpaired) electrons. The van der Waals surface area contributed by atoms with Crippen molar-refractivity contribution in [2.75, 3.05) is 13.7 Å². The number of phenols is 3. The quantitative estimate of drug-likeness (QED) is 0.147. The molecule has 0 amide bonds. The third-order valence-electron chi connectivity index (χ3n) is 7.50. The monoisotopic (exact) mass is 624 g/mol. The van der Waals surface area contributed by atoms with E-state index >= 15 is 0 Å². The SMILES string of the molecule is COc1cc(-c2oc3cc(O)cc(O)c3c(=O)c2O[C@H]2O[C@H](CO[C@@H]3O[C@@H](C)[C@H](O)[C@@H](O)[C@H]3O)[C@H](O)[C@@H](O)[C@H]2O)ccc1O. The van der Waals surface area contributed by atoms with E-state index in [1.165, 1.54) is 32.2 Å². The van der Waals surface area contributed by atoms with Crippen molar-refractivity contribution in [3.8, 4) is 40.1 Å². The van der Waals surface area contributed by atoms with E-state index < -0.39 is 96.1 Å². The molecule has 0 spiro atoms. The molecule has 2 aromatic carbocycles. The first-order chi connectivity index (χ1) is 20.8. The number of phenolic OH excluding ortho intramolecular Hbond substituents is 3. The molecule has 2 aliphatic rings. The predicted octanol–water partition coefficient (Wildman–Crippen LogP) is -1.38. The highest BCUT2D eigenvalue weighted by Gasteiger charge is 2.47. The fourth-order valence-corrected chi connectivity index (χ4v) is 4.99. The van der Waals surface area contributed by atoms with Gasteiger partial charge >= 0.3 is 0 Å². The second-order valence-electron chi connectivity index (χ2n) is 10.5. The number of rotatable bonds is 7. The van der Waals surface area contributed by atoms with Gasteiger partial charge in [0, 0.05) is 17.7 Å². The van der Waals surface area contributed by atoms with Gasteiger partial charge in [0.15, 0.2) is 23.5 Å². The Morgan fingerprint density at radius 3 is 2.18 bits per heavy atom. The smallest absolute Gasteiger partial charge is 0.239 e. The van der Waals surface area contributed by atoms with Gasteiger partial charge in [-0.05, 0) is 25.1 Å². The molecule has 5 rings (SSSR count). The zero-order valence-electron chi connectivity index (χ0n) is 23.3. The molecule has 0 aliphatic carbocycles. The van der Waals surface area contributed by atoms with E-state index in [0.717, 1.165) is 12.1 Å². The lowest BCUT2D eigenvalue weighted by molar-refractivity contribution is -0.318. The first kappa shape index (κ1) is 31.7. The Hall–Kier alpha value is -3.71. The largest absolute Gasteiger partial charge is 0.508 e. The normalized spacial score (nSPS) is 32.5. The van der Waals surface area contributed by atoms with Crippen LogP contribution >= 0.6 is 0 Å². The van der Waals surface area contributed by atoms with Gasteiger partial charge in [0.05, 0.1) is 19.8 Å². The maximum atomic E-state index is 13.7. The molecule has 0 saturated carbocycles. The topological polar surface area (TPSA) is 258 Å². The van der Waals surface area contributed by atoms with Gasteiger partial charge in [0.1, 0.15) is 65.2 Å². The van der Waals surface area contributed by atoms with Crippen LogP contribution in [0.1, 0.15) is 6.92 Å². The van der Waals surface area contributed by atoms with E-state index in [4.69, 9.17) is 28.1 Å². The summed E-state index contributed by atoms with van der Waals surface area (Å²) in [6.45, 7) is 0.845. The van der Waals surface area contributed by atoms with Crippen molar-refractivity contribution in [2.45, 2.75) is 68.3 Å². The minimum Gasteiger partial charge on any atom is -0.508 e. The van der Waals surface area contributed by atoms with Gasteiger partial charge in [-0.25, -0.2) is 0 Å². The number of hydrogen-bond donors (Lipinski definition) is 9. The van der Waals surface area contributed by atoms with Crippen molar-refractivity contribution >= 4 is 11.0 Å². The fraction of sp³-hybridized carbons (Fsp3) is 0.464. The lowest BCUT2D eigenvalue weighted by atomic mass is 9.98. The van der Waals surface area contributed by atoms with Gasteiger partial charge in [0.2, 0.25) is 17.5 Å². The Balaban J connectivity index is 1.49. The summed E-state index contributed by atoms with van der Waals surface area (Å²) in [5, 5.41) is 92.1. The van der Waals surface area contributed by atoms with Crippen molar-refractivity contribution in [3.63, 3.8) is 0 Å².